The second kappa shape index (κ2) is 7.40. The summed E-state index contributed by atoms with van der Waals surface area (Å²) in [5, 5.41) is 24.6. The number of carboxylic acids is 2. The first-order chi connectivity index (χ1) is 10.5. The first kappa shape index (κ1) is 18.9. The molecule has 0 bridgehead atoms. The van der Waals surface area contributed by atoms with Crippen molar-refractivity contribution in [1.82, 2.24) is 10.4 Å². The van der Waals surface area contributed by atoms with Crippen LogP contribution in [0.4, 0.5) is 0 Å². The number of carboxylic acid groups (broad SMARTS) is 2. The molecule has 9 nitrogen and oxygen atoms in total. The molecule has 0 aromatic heterocycles. The molecular weight excluding hydrogens is 308 g/mol. The zero-order valence-electron chi connectivity index (χ0n) is 13.3. The zero-order valence-corrected chi connectivity index (χ0v) is 13.3. The van der Waals surface area contributed by atoms with Crippen LogP contribution in [0.3, 0.4) is 0 Å². The highest BCUT2D eigenvalue weighted by atomic mass is 16.7. The van der Waals surface area contributed by atoms with Gasteiger partial charge in [0.2, 0.25) is 5.91 Å². The van der Waals surface area contributed by atoms with E-state index in [0.29, 0.717) is 19.4 Å². The van der Waals surface area contributed by atoms with Crippen molar-refractivity contribution in [2.45, 2.75) is 52.1 Å². The van der Waals surface area contributed by atoms with Gasteiger partial charge in [0.05, 0.1) is 17.4 Å². The fraction of sp³-hybridized carbons (Fsp3) is 0.714. The van der Waals surface area contributed by atoms with Crippen molar-refractivity contribution in [3.8, 4) is 0 Å². The number of amides is 1. The Morgan fingerprint density at radius 2 is 1.87 bits per heavy atom. The van der Waals surface area contributed by atoms with Gasteiger partial charge in [-0.15, -0.1) is 5.06 Å². The van der Waals surface area contributed by atoms with Crippen LogP contribution in [-0.4, -0.2) is 47.5 Å². The molecule has 1 fully saturated rings. The van der Waals surface area contributed by atoms with Crippen molar-refractivity contribution >= 4 is 23.8 Å². The summed E-state index contributed by atoms with van der Waals surface area (Å²) in [7, 11) is 0. The van der Waals surface area contributed by atoms with E-state index in [1.807, 2.05) is 0 Å². The summed E-state index contributed by atoms with van der Waals surface area (Å²) in [4.78, 5) is 50.6. The molecule has 1 heterocycles. The van der Waals surface area contributed by atoms with Crippen LogP contribution in [0.15, 0.2) is 0 Å². The van der Waals surface area contributed by atoms with E-state index in [1.54, 1.807) is 20.8 Å². The summed E-state index contributed by atoms with van der Waals surface area (Å²) < 4.78 is 0. The predicted molar refractivity (Wildman–Crippen MR) is 71.8 cm³/mol. The van der Waals surface area contributed by atoms with Crippen LogP contribution in [0.5, 0.6) is 0 Å². The van der Waals surface area contributed by atoms with Gasteiger partial charge in [0, 0.05) is 18.9 Å². The van der Waals surface area contributed by atoms with E-state index in [-0.39, 0.29) is 0 Å². The highest BCUT2D eigenvalue weighted by Gasteiger charge is 2.37. The molecule has 2 atom stereocenters. The molecule has 1 rings (SSSR count). The number of hydrogen-bond donors (Lipinski definition) is 1. The lowest BCUT2D eigenvalue weighted by Gasteiger charge is -2.28. The largest absolute Gasteiger partial charge is 0.550 e. The van der Waals surface area contributed by atoms with E-state index in [4.69, 9.17) is 4.84 Å². The van der Waals surface area contributed by atoms with Gasteiger partial charge in [-0.3, -0.25) is 4.79 Å². The minimum Gasteiger partial charge on any atom is -0.550 e. The smallest absolute Gasteiger partial charge is 0.330 e. The van der Waals surface area contributed by atoms with E-state index in [2.05, 4.69) is 5.32 Å². The van der Waals surface area contributed by atoms with Crippen molar-refractivity contribution in [2.75, 3.05) is 6.54 Å². The third-order valence-electron chi connectivity index (χ3n) is 3.29. The van der Waals surface area contributed by atoms with Gasteiger partial charge >= 0.3 is 5.97 Å². The van der Waals surface area contributed by atoms with E-state index in [1.165, 1.54) is 5.06 Å². The standard InChI is InChI=1S/C14H22N2O7/c1-14(2,3)13(22)23-16-6-4-5-9(16)11(19)15-8(12(20)21)7-10(17)18/h8-9H,4-7H2,1-3H3,(H,15,19)(H,17,18)(H,20,21)/p-2/t8-,9-/m0/s1. The van der Waals surface area contributed by atoms with Crippen LogP contribution in [0.1, 0.15) is 40.0 Å². The molecule has 0 radical (unpaired) electrons. The minimum atomic E-state index is -1.72. The number of rotatable bonds is 6. The van der Waals surface area contributed by atoms with Gasteiger partial charge in [0.15, 0.2) is 0 Å². The van der Waals surface area contributed by atoms with Crippen molar-refractivity contribution in [2.24, 2.45) is 5.41 Å². The summed E-state index contributed by atoms with van der Waals surface area (Å²) in [6.45, 7) is 5.31. The van der Waals surface area contributed by atoms with Crippen LogP contribution in [0.2, 0.25) is 0 Å². The van der Waals surface area contributed by atoms with Gasteiger partial charge in [-0.25, -0.2) is 4.79 Å². The van der Waals surface area contributed by atoms with Gasteiger partial charge in [-0.2, -0.15) is 0 Å². The van der Waals surface area contributed by atoms with Gasteiger partial charge < -0.3 is 30.0 Å². The number of carbonyl (C=O) groups excluding carboxylic acids is 4. The van der Waals surface area contributed by atoms with Crippen LogP contribution in [0.25, 0.3) is 0 Å². The van der Waals surface area contributed by atoms with Crippen molar-refractivity contribution in [3.63, 3.8) is 0 Å². The summed E-state index contributed by atoms with van der Waals surface area (Å²) >= 11 is 0. The lowest BCUT2D eigenvalue weighted by atomic mass is 9.98. The first-order valence-electron chi connectivity index (χ1n) is 7.22. The molecule has 1 aliphatic rings. The normalized spacial score (nSPS) is 19.9. The minimum absolute atomic E-state index is 0.330. The van der Waals surface area contributed by atoms with Crippen LogP contribution in [-0.2, 0) is 24.0 Å². The fourth-order valence-corrected chi connectivity index (χ4v) is 1.98. The molecule has 1 N–H and O–H groups in total. The SMILES string of the molecule is CC(C)(C)C(=O)ON1CCC[C@H]1C(=O)N[C@@H](CC(=O)[O-])C(=O)[O-]. The Morgan fingerprint density at radius 3 is 2.35 bits per heavy atom. The molecule has 1 aliphatic heterocycles. The molecule has 0 aromatic rings. The Hall–Kier alpha value is -2.16. The molecule has 0 spiro atoms. The summed E-state index contributed by atoms with van der Waals surface area (Å²) in [6.07, 6.45) is 0.0307. The van der Waals surface area contributed by atoms with Crippen molar-refractivity contribution < 1.29 is 34.2 Å². The quantitative estimate of drug-likeness (QED) is 0.557. The van der Waals surface area contributed by atoms with Crippen molar-refractivity contribution in [1.29, 1.82) is 0 Å². The molecule has 0 unspecified atom stereocenters. The third-order valence-corrected chi connectivity index (χ3v) is 3.29. The van der Waals surface area contributed by atoms with Gasteiger partial charge in [0.1, 0.15) is 6.04 Å². The Labute approximate surface area is 133 Å². The van der Waals surface area contributed by atoms with Crippen LogP contribution < -0.4 is 15.5 Å². The topological polar surface area (TPSA) is 139 Å². The second-order valence-electron chi connectivity index (χ2n) is 6.38. The highest BCUT2D eigenvalue weighted by molar-refractivity contribution is 5.88. The molecule has 0 aliphatic carbocycles. The maximum atomic E-state index is 12.1. The highest BCUT2D eigenvalue weighted by Crippen LogP contribution is 2.22. The van der Waals surface area contributed by atoms with E-state index >= 15 is 0 Å². The number of hydroxylamine groups is 2. The first-order valence-corrected chi connectivity index (χ1v) is 7.22. The predicted octanol–water partition coefficient (Wildman–Crippen LogP) is -2.67. The monoisotopic (exact) mass is 328 g/mol. The molecule has 23 heavy (non-hydrogen) atoms. The van der Waals surface area contributed by atoms with Crippen molar-refractivity contribution in [3.05, 3.63) is 0 Å². The Kier molecular flexibility index (Phi) is 6.08. The Bertz CT molecular complexity index is 498. The molecule has 9 heteroatoms. The summed E-state index contributed by atoms with van der Waals surface area (Å²) in [5.41, 5.74) is -0.758. The average molecular weight is 328 g/mol. The number of nitrogens with zero attached hydrogens (tertiary/aromatic N) is 1. The van der Waals surface area contributed by atoms with Crippen LogP contribution >= 0.6 is 0 Å². The lowest BCUT2D eigenvalue weighted by molar-refractivity contribution is -0.317. The third kappa shape index (κ3) is 5.51. The maximum absolute atomic E-state index is 12.1. The van der Waals surface area contributed by atoms with Crippen LogP contribution in [0, 0.1) is 5.41 Å². The summed E-state index contributed by atoms with van der Waals surface area (Å²) in [6, 6.07) is -2.57. The number of hydrogen-bond acceptors (Lipinski definition) is 8. The molecule has 130 valence electrons. The maximum Gasteiger partial charge on any atom is 0.330 e. The average Bonchev–Trinajstić information content (AvgIpc) is 2.84. The zero-order chi connectivity index (χ0) is 17.8. The van der Waals surface area contributed by atoms with E-state index in [0.717, 1.165) is 0 Å². The van der Waals surface area contributed by atoms with Gasteiger partial charge in [-0.05, 0) is 33.6 Å². The fourth-order valence-electron chi connectivity index (χ4n) is 1.98. The molecule has 1 amide bonds. The van der Waals surface area contributed by atoms with Gasteiger partial charge in [-0.1, -0.05) is 0 Å². The Balaban J connectivity index is 2.71. The van der Waals surface area contributed by atoms with Gasteiger partial charge in [0.25, 0.3) is 0 Å². The molecule has 0 aromatic carbocycles. The lowest BCUT2D eigenvalue weighted by Crippen LogP contribution is -2.54. The second-order valence-corrected chi connectivity index (χ2v) is 6.38. The number of carbonyl (C=O) groups is 4. The Morgan fingerprint density at radius 1 is 1.26 bits per heavy atom. The molecule has 1 saturated heterocycles. The number of nitrogens with one attached hydrogen (secondary N) is 1. The van der Waals surface area contributed by atoms with E-state index < -0.39 is 47.7 Å². The molecule has 0 saturated carbocycles. The number of aliphatic carboxylic acids is 2. The molecular formula is C14H20N2O7-2. The van der Waals surface area contributed by atoms with E-state index in [9.17, 15) is 29.4 Å². The summed E-state index contributed by atoms with van der Waals surface area (Å²) in [5.74, 6) is -4.61.